The highest BCUT2D eigenvalue weighted by Crippen LogP contribution is 1.99. The van der Waals surface area contributed by atoms with Gasteiger partial charge in [0.2, 0.25) is 11.8 Å². The lowest BCUT2D eigenvalue weighted by molar-refractivity contribution is -0.142. The molecule has 25 heavy (non-hydrogen) atoms. The summed E-state index contributed by atoms with van der Waals surface area (Å²) in [6, 6.07) is -2.22. The smallest absolute Gasteiger partial charge is 0.326 e. The Balaban J connectivity index is 4.25. The fourth-order valence-electron chi connectivity index (χ4n) is 1.71. The maximum absolute atomic E-state index is 11.7. The first kappa shape index (κ1) is 22.1. The van der Waals surface area contributed by atoms with Crippen molar-refractivity contribution in [1.29, 1.82) is 0 Å². The fraction of sp³-hybridized carbons (Fsp3) is 0.615. The van der Waals surface area contributed by atoms with Crippen molar-refractivity contribution in [3.8, 4) is 0 Å². The molecule has 0 aromatic rings. The van der Waals surface area contributed by atoms with E-state index in [0.29, 0.717) is 6.42 Å². The molecule has 0 radical (unpaired) electrons. The van der Waals surface area contributed by atoms with Crippen molar-refractivity contribution in [2.75, 3.05) is 13.1 Å². The molecule has 0 fully saturated rings. The van der Waals surface area contributed by atoms with Crippen LogP contribution in [0.1, 0.15) is 25.7 Å². The molecule has 0 saturated heterocycles. The van der Waals surface area contributed by atoms with E-state index in [4.69, 9.17) is 27.4 Å². The van der Waals surface area contributed by atoms with Gasteiger partial charge in [-0.2, -0.15) is 0 Å². The van der Waals surface area contributed by atoms with Gasteiger partial charge in [-0.05, 0) is 19.3 Å². The van der Waals surface area contributed by atoms with Crippen molar-refractivity contribution < 1.29 is 29.4 Å². The third-order valence-electron chi connectivity index (χ3n) is 3.01. The van der Waals surface area contributed by atoms with Gasteiger partial charge >= 0.3 is 11.9 Å². The van der Waals surface area contributed by atoms with E-state index >= 15 is 0 Å². The summed E-state index contributed by atoms with van der Waals surface area (Å²) in [6.45, 7) is -0.256. The van der Waals surface area contributed by atoms with E-state index in [1.54, 1.807) is 0 Å². The summed E-state index contributed by atoms with van der Waals surface area (Å²) in [4.78, 5) is 48.5. The first-order valence-electron chi connectivity index (χ1n) is 7.46. The van der Waals surface area contributed by atoms with Gasteiger partial charge in [0.05, 0.1) is 12.6 Å². The minimum atomic E-state index is -1.23. The van der Waals surface area contributed by atoms with E-state index in [-0.39, 0.29) is 31.8 Å². The van der Waals surface area contributed by atoms with E-state index in [9.17, 15) is 19.2 Å². The van der Waals surface area contributed by atoms with E-state index < -0.39 is 42.4 Å². The Morgan fingerprint density at radius 3 is 2.24 bits per heavy atom. The van der Waals surface area contributed by atoms with Crippen LogP contribution in [-0.2, 0) is 19.2 Å². The molecular weight excluding hydrogens is 336 g/mol. The molecule has 0 rings (SSSR count). The van der Waals surface area contributed by atoms with Gasteiger partial charge in [-0.1, -0.05) is 0 Å². The summed E-state index contributed by atoms with van der Waals surface area (Å²) >= 11 is 0. The normalized spacial score (nSPS) is 12.5. The van der Waals surface area contributed by atoms with Gasteiger partial charge in [-0.15, -0.1) is 0 Å². The number of nitrogens with zero attached hydrogens (tertiary/aromatic N) is 1. The Morgan fingerprint density at radius 2 is 1.72 bits per heavy atom. The summed E-state index contributed by atoms with van der Waals surface area (Å²) in [6.07, 6.45) is 0.0779. The number of carbonyl (C=O) groups is 4. The van der Waals surface area contributed by atoms with Crippen molar-refractivity contribution in [3.63, 3.8) is 0 Å². The number of nitrogens with two attached hydrogens (primary N) is 3. The van der Waals surface area contributed by atoms with E-state index in [0.717, 1.165) is 0 Å². The van der Waals surface area contributed by atoms with Crippen molar-refractivity contribution in [2.24, 2.45) is 22.2 Å². The molecule has 0 bridgehead atoms. The van der Waals surface area contributed by atoms with Crippen LogP contribution >= 0.6 is 0 Å². The van der Waals surface area contributed by atoms with Crippen LogP contribution in [0.2, 0.25) is 0 Å². The van der Waals surface area contributed by atoms with Crippen molar-refractivity contribution in [2.45, 2.75) is 37.8 Å². The zero-order chi connectivity index (χ0) is 19.4. The SMILES string of the molecule is NC(N)=NCCCC(NC(=O)CNC(=O)C(N)CCC(=O)O)C(=O)O. The topological polar surface area (TPSA) is 223 Å². The van der Waals surface area contributed by atoms with Crippen LogP contribution in [0.15, 0.2) is 4.99 Å². The molecule has 0 aromatic heterocycles. The largest absolute Gasteiger partial charge is 0.481 e. The van der Waals surface area contributed by atoms with Crippen molar-refractivity contribution >= 4 is 29.7 Å². The molecule has 0 spiro atoms. The number of rotatable bonds is 12. The Labute approximate surface area is 143 Å². The summed E-state index contributed by atoms with van der Waals surface area (Å²) in [7, 11) is 0. The van der Waals surface area contributed by atoms with E-state index in [1.165, 1.54) is 0 Å². The van der Waals surface area contributed by atoms with E-state index in [2.05, 4.69) is 15.6 Å². The zero-order valence-corrected chi connectivity index (χ0v) is 13.6. The van der Waals surface area contributed by atoms with E-state index in [1.807, 2.05) is 0 Å². The lowest BCUT2D eigenvalue weighted by atomic mass is 10.1. The minimum Gasteiger partial charge on any atom is -0.481 e. The molecule has 2 unspecified atom stereocenters. The molecule has 0 saturated carbocycles. The summed E-state index contributed by atoms with van der Waals surface area (Å²) in [5.74, 6) is -3.85. The van der Waals surface area contributed by atoms with Gasteiger partial charge in [-0.25, -0.2) is 4.79 Å². The highest BCUT2D eigenvalue weighted by atomic mass is 16.4. The molecule has 0 aliphatic heterocycles. The molecule has 12 heteroatoms. The van der Waals surface area contributed by atoms with Gasteiger partial charge in [0.25, 0.3) is 0 Å². The average Bonchev–Trinajstić information content (AvgIpc) is 2.52. The molecule has 0 aliphatic carbocycles. The summed E-state index contributed by atoms with van der Waals surface area (Å²) in [5.41, 5.74) is 15.8. The summed E-state index contributed by atoms with van der Waals surface area (Å²) in [5, 5.41) is 22.0. The quantitative estimate of drug-likeness (QED) is 0.106. The Kier molecular flexibility index (Phi) is 10.3. The Bertz CT molecular complexity index is 519. The number of hydrogen-bond acceptors (Lipinski definition) is 6. The number of hydrogen-bond donors (Lipinski definition) is 7. The fourth-order valence-corrected chi connectivity index (χ4v) is 1.71. The van der Waals surface area contributed by atoms with Crippen LogP contribution in [-0.4, -0.2) is 65.1 Å². The second-order valence-electron chi connectivity index (χ2n) is 5.16. The second kappa shape index (κ2) is 11.6. The highest BCUT2D eigenvalue weighted by Gasteiger charge is 2.20. The van der Waals surface area contributed by atoms with Crippen LogP contribution in [0.5, 0.6) is 0 Å². The molecular formula is C13H24N6O6. The van der Waals surface area contributed by atoms with Crippen LogP contribution < -0.4 is 27.8 Å². The number of carbonyl (C=O) groups excluding carboxylic acids is 2. The number of nitrogens with one attached hydrogen (secondary N) is 2. The van der Waals surface area contributed by atoms with Crippen molar-refractivity contribution in [1.82, 2.24) is 10.6 Å². The zero-order valence-electron chi connectivity index (χ0n) is 13.6. The second-order valence-corrected chi connectivity index (χ2v) is 5.16. The molecule has 142 valence electrons. The number of carboxylic acids is 2. The van der Waals surface area contributed by atoms with Gasteiger partial charge < -0.3 is 38.0 Å². The molecule has 0 aliphatic rings. The maximum Gasteiger partial charge on any atom is 0.326 e. The molecule has 12 nitrogen and oxygen atoms in total. The van der Waals surface area contributed by atoms with Gasteiger partial charge in [0, 0.05) is 13.0 Å². The maximum atomic E-state index is 11.7. The molecule has 0 aromatic carbocycles. The van der Waals surface area contributed by atoms with Crippen LogP contribution in [0.3, 0.4) is 0 Å². The summed E-state index contributed by atoms with van der Waals surface area (Å²) < 4.78 is 0. The van der Waals surface area contributed by atoms with Gasteiger partial charge in [0.15, 0.2) is 5.96 Å². The predicted molar refractivity (Wildman–Crippen MR) is 87.3 cm³/mol. The van der Waals surface area contributed by atoms with Crippen molar-refractivity contribution in [3.05, 3.63) is 0 Å². The van der Waals surface area contributed by atoms with Crippen LogP contribution in [0.4, 0.5) is 0 Å². The van der Waals surface area contributed by atoms with Crippen LogP contribution in [0, 0.1) is 0 Å². The van der Waals surface area contributed by atoms with Gasteiger partial charge in [0.1, 0.15) is 6.04 Å². The third kappa shape index (κ3) is 11.3. The number of guanidine groups is 1. The lowest BCUT2D eigenvalue weighted by Crippen LogP contribution is -2.48. The minimum absolute atomic E-state index is 0.0780. The first-order valence-corrected chi connectivity index (χ1v) is 7.46. The molecule has 2 atom stereocenters. The molecule has 2 amide bonds. The Hall–Kier alpha value is -2.89. The number of aliphatic carboxylic acids is 2. The molecule has 10 N–H and O–H groups in total. The van der Waals surface area contributed by atoms with Crippen LogP contribution in [0.25, 0.3) is 0 Å². The number of aliphatic imine (C=N–C) groups is 1. The average molecular weight is 360 g/mol. The molecule has 0 heterocycles. The lowest BCUT2D eigenvalue weighted by Gasteiger charge is -2.15. The Morgan fingerprint density at radius 1 is 1.08 bits per heavy atom. The number of carboxylic acid groups (broad SMARTS) is 2. The first-order chi connectivity index (χ1) is 11.6. The predicted octanol–water partition coefficient (Wildman–Crippen LogP) is -3.08. The third-order valence-corrected chi connectivity index (χ3v) is 3.01. The number of amides is 2. The highest BCUT2D eigenvalue weighted by molar-refractivity contribution is 5.89. The van der Waals surface area contributed by atoms with Gasteiger partial charge in [-0.3, -0.25) is 19.4 Å². The monoisotopic (exact) mass is 360 g/mol. The standard InChI is InChI=1S/C13H24N6O6/c14-7(3-4-10(21)22)11(23)18-6-9(20)19-8(12(24)25)2-1-5-17-13(15)16/h7-8H,1-6,14H2,(H,18,23)(H,19,20)(H,21,22)(H,24,25)(H4,15,16,17).